The molecule has 1 aliphatic heterocycles. The van der Waals surface area contributed by atoms with Crippen LogP contribution >= 0.6 is 22.9 Å². The minimum atomic E-state index is -1.05. The van der Waals surface area contributed by atoms with E-state index in [1.807, 2.05) is 24.3 Å². The second-order valence-electron chi connectivity index (χ2n) is 9.97. The molecule has 0 radical (unpaired) electrons. The van der Waals surface area contributed by atoms with Crippen LogP contribution in [-0.2, 0) is 19.5 Å². The van der Waals surface area contributed by atoms with Gasteiger partial charge >= 0.3 is 0 Å². The minimum Gasteiger partial charge on any atom is -0.493 e. The first-order valence-corrected chi connectivity index (χ1v) is 14.5. The van der Waals surface area contributed by atoms with Crippen LogP contribution in [0.1, 0.15) is 38.1 Å². The maximum absolute atomic E-state index is 13.4. The number of nitrogens with two attached hydrogens (primary N) is 1. The van der Waals surface area contributed by atoms with Crippen molar-refractivity contribution in [2.24, 2.45) is 5.73 Å². The van der Waals surface area contributed by atoms with Gasteiger partial charge in [-0.2, -0.15) is 0 Å². The molecule has 208 valence electrons. The molecular formula is C32H29ClN4O3S. The number of pyridine rings is 2. The van der Waals surface area contributed by atoms with Crippen LogP contribution in [0.5, 0.6) is 11.5 Å². The number of carbonyl (C=O) groups is 1. The van der Waals surface area contributed by atoms with Crippen LogP contribution < -0.4 is 15.2 Å². The van der Waals surface area contributed by atoms with Crippen LogP contribution in [0, 0.1) is 0 Å². The number of thiophene rings is 1. The number of Topliss-reactive ketones (excluding diaryl/α,β-unsaturated/α-hetero) is 1. The Bertz CT molecular complexity index is 1730. The number of aromatic nitrogens is 2. The largest absolute Gasteiger partial charge is 0.493 e. The summed E-state index contributed by atoms with van der Waals surface area (Å²) >= 11 is 8.81. The number of hydrogen-bond donors (Lipinski definition) is 1. The van der Waals surface area contributed by atoms with Gasteiger partial charge in [-0.1, -0.05) is 48.0 Å². The average molecular weight is 585 g/mol. The molecular weight excluding hydrogens is 556 g/mol. The zero-order chi connectivity index (χ0) is 28.5. The lowest BCUT2D eigenvalue weighted by atomic mass is 9.93. The Morgan fingerprint density at radius 3 is 2.63 bits per heavy atom. The topological polar surface area (TPSA) is 90.6 Å². The molecule has 5 aromatic rings. The van der Waals surface area contributed by atoms with E-state index in [4.69, 9.17) is 31.8 Å². The van der Waals surface area contributed by atoms with E-state index in [0.29, 0.717) is 27.8 Å². The summed E-state index contributed by atoms with van der Waals surface area (Å²) in [6, 6.07) is 18.6. The van der Waals surface area contributed by atoms with Crippen molar-refractivity contribution in [3.05, 3.63) is 105 Å². The Balaban J connectivity index is 1.49. The Morgan fingerprint density at radius 2 is 1.90 bits per heavy atom. The molecule has 3 aromatic heterocycles. The van der Waals surface area contributed by atoms with E-state index in [1.165, 1.54) is 22.2 Å². The molecule has 0 saturated carbocycles. The van der Waals surface area contributed by atoms with Crippen molar-refractivity contribution < 1.29 is 14.3 Å². The van der Waals surface area contributed by atoms with Gasteiger partial charge in [0.1, 0.15) is 10.9 Å². The molecule has 1 unspecified atom stereocenters. The molecule has 0 fully saturated rings. The van der Waals surface area contributed by atoms with Crippen LogP contribution in [0.15, 0.2) is 73.1 Å². The molecule has 0 saturated heterocycles. The molecule has 1 aliphatic rings. The van der Waals surface area contributed by atoms with Gasteiger partial charge < -0.3 is 15.2 Å². The van der Waals surface area contributed by atoms with E-state index in [-0.39, 0.29) is 5.78 Å². The van der Waals surface area contributed by atoms with Crippen molar-refractivity contribution in [3.8, 4) is 22.6 Å². The second kappa shape index (κ2) is 11.6. The van der Waals surface area contributed by atoms with Crippen molar-refractivity contribution in [3.63, 3.8) is 0 Å². The third-order valence-electron chi connectivity index (χ3n) is 7.48. The number of hydrogen-bond acceptors (Lipinski definition) is 8. The van der Waals surface area contributed by atoms with Gasteiger partial charge in [-0.25, -0.2) is 4.98 Å². The molecule has 7 nitrogen and oxygen atoms in total. The lowest BCUT2D eigenvalue weighted by Gasteiger charge is -2.27. The minimum absolute atomic E-state index is 0.291. The third kappa shape index (κ3) is 5.20. The highest BCUT2D eigenvalue weighted by Gasteiger charge is 2.30. The van der Waals surface area contributed by atoms with E-state index < -0.39 is 6.04 Å². The van der Waals surface area contributed by atoms with Crippen molar-refractivity contribution in [2.45, 2.75) is 25.6 Å². The fourth-order valence-electron chi connectivity index (χ4n) is 5.43. The number of rotatable bonds is 8. The number of carbonyl (C=O) groups excluding carboxylic acids is 1. The van der Waals surface area contributed by atoms with E-state index >= 15 is 0 Å². The van der Waals surface area contributed by atoms with Gasteiger partial charge in [0.2, 0.25) is 0 Å². The van der Waals surface area contributed by atoms with Gasteiger partial charge in [-0.15, -0.1) is 11.3 Å². The predicted octanol–water partition coefficient (Wildman–Crippen LogP) is 6.47. The summed E-state index contributed by atoms with van der Waals surface area (Å²) in [5, 5.41) is 1.37. The quantitative estimate of drug-likeness (QED) is 0.209. The first-order valence-electron chi connectivity index (χ1n) is 13.3. The van der Waals surface area contributed by atoms with Crippen LogP contribution in [0.4, 0.5) is 0 Å². The third-order valence-corrected chi connectivity index (χ3v) is 8.97. The molecule has 9 heteroatoms. The molecule has 0 aliphatic carbocycles. The molecule has 2 aromatic carbocycles. The first kappa shape index (κ1) is 27.4. The Morgan fingerprint density at radius 1 is 1.10 bits per heavy atom. The van der Waals surface area contributed by atoms with Gasteiger partial charge in [0, 0.05) is 53.4 Å². The molecule has 41 heavy (non-hydrogen) atoms. The molecule has 0 spiro atoms. The van der Waals surface area contributed by atoms with Crippen molar-refractivity contribution in [2.75, 3.05) is 20.8 Å². The molecule has 1 atom stereocenters. The van der Waals surface area contributed by atoms with E-state index in [9.17, 15) is 4.79 Å². The number of benzene rings is 2. The van der Waals surface area contributed by atoms with Gasteiger partial charge in [-0.3, -0.25) is 14.7 Å². The first-order chi connectivity index (χ1) is 20.0. The maximum atomic E-state index is 13.4. The van der Waals surface area contributed by atoms with Crippen LogP contribution in [0.2, 0.25) is 5.02 Å². The number of fused-ring (bicyclic) bond motifs is 3. The summed E-state index contributed by atoms with van der Waals surface area (Å²) in [5.74, 6) is 0.909. The summed E-state index contributed by atoms with van der Waals surface area (Å²) in [7, 11) is 3.21. The van der Waals surface area contributed by atoms with Gasteiger partial charge in [0.25, 0.3) is 0 Å². The number of ketones is 1. The lowest BCUT2D eigenvalue weighted by molar-refractivity contribution is 0.0959. The van der Waals surface area contributed by atoms with Gasteiger partial charge in [0.05, 0.1) is 24.9 Å². The summed E-state index contributed by atoms with van der Waals surface area (Å²) < 4.78 is 11.1. The lowest BCUT2D eigenvalue weighted by Crippen LogP contribution is -2.29. The molecule has 6 rings (SSSR count). The van der Waals surface area contributed by atoms with E-state index in [1.54, 1.807) is 43.9 Å². The van der Waals surface area contributed by atoms with Crippen molar-refractivity contribution in [1.82, 2.24) is 14.9 Å². The summed E-state index contributed by atoms with van der Waals surface area (Å²) in [5.41, 5.74) is 11.5. The number of nitrogens with zero attached hydrogens (tertiary/aromatic N) is 3. The van der Waals surface area contributed by atoms with Crippen LogP contribution in [-0.4, -0.2) is 41.4 Å². The number of methoxy groups -OCH3 is 2. The maximum Gasteiger partial charge on any atom is 0.187 e. The zero-order valence-electron chi connectivity index (χ0n) is 22.8. The highest BCUT2D eigenvalue weighted by Crippen LogP contribution is 2.46. The molecule has 4 heterocycles. The molecule has 0 bridgehead atoms. The highest BCUT2D eigenvalue weighted by molar-refractivity contribution is 7.19. The predicted molar refractivity (Wildman–Crippen MR) is 163 cm³/mol. The van der Waals surface area contributed by atoms with Crippen LogP contribution in [0.25, 0.3) is 21.3 Å². The fourth-order valence-corrected chi connectivity index (χ4v) is 7.08. The van der Waals surface area contributed by atoms with Crippen LogP contribution in [0.3, 0.4) is 0 Å². The summed E-state index contributed by atoms with van der Waals surface area (Å²) in [6.07, 6.45) is 3.99. The van der Waals surface area contributed by atoms with E-state index in [2.05, 4.69) is 34.1 Å². The zero-order valence-corrected chi connectivity index (χ0v) is 24.3. The number of ether oxygens (including phenoxy) is 2. The highest BCUT2D eigenvalue weighted by atomic mass is 35.5. The average Bonchev–Trinajstić information content (AvgIpc) is 3.37. The smallest absolute Gasteiger partial charge is 0.187 e. The monoisotopic (exact) mass is 584 g/mol. The normalized spacial score (nSPS) is 14.0. The van der Waals surface area contributed by atoms with Crippen molar-refractivity contribution in [1.29, 1.82) is 0 Å². The van der Waals surface area contributed by atoms with E-state index in [0.717, 1.165) is 47.4 Å². The molecule has 2 N–H and O–H groups in total. The second-order valence-corrected chi connectivity index (χ2v) is 11.4. The Kier molecular flexibility index (Phi) is 7.73. The summed E-state index contributed by atoms with van der Waals surface area (Å²) in [6.45, 7) is 2.60. The Labute approximate surface area is 247 Å². The van der Waals surface area contributed by atoms with Crippen molar-refractivity contribution >= 4 is 38.9 Å². The molecule has 0 amide bonds. The fraction of sp³-hybridized carbons (Fsp3) is 0.219. The summed E-state index contributed by atoms with van der Waals surface area (Å²) in [4.78, 5) is 26.9. The standard InChI is InChI=1S/C32H29ClN4O3S/c1-39-23-11-10-20(15-24(23)40-2)26-27-22-12-14-37(17-19-7-4-3-5-8-19)18-25(22)41-32(27)36-30(28(26)33)29(34)31(38)21-9-6-13-35-16-21/h3-11,13,15-16,29H,12,14,17-18,34H2,1-2H3. The Hall–Kier alpha value is -3.82. The van der Waals surface area contributed by atoms with Gasteiger partial charge in [0.15, 0.2) is 17.3 Å². The van der Waals surface area contributed by atoms with Gasteiger partial charge in [-0.05, 0) is 47.4 Å². The SMILES string of the molecule is COc1ccc(-c2c(Cl)c(C(N)C(=O)c3cccnc3)nc3sc4c(c23)CCN(Cc2ccccc2)C4)cc1OC. The number of halogens is 1.